The van der Waals surface area contributed by atoms with Crippen molar-refractivity contribution in [3.63, 3.8) is 0 Å². The summed E-state index contributed by atoms with van der Waals surface area (Å²) in [4.78, 5) is 16.2. The highest BCUT2D eigenvalue weighted by atomic mass is 35.5. The summed E-state index contributed by atoms with van der Waals surface area (Å²) in [7, 11) is 0.808. The predicted molar refractivity (Wildman–Crippen MR) is 104 cm³/mol. The molecule has 26 heavy (non-hydrogen) atoms. The lowest BCUT2D eigenvalue weighted by atomic mass is 9.83. The van der Waals surface area contributed by atoms with E-state index in [1.54, 1.807) is 0 Å². The zero-order valence-electron chi connectivity index (χ0n) is 15.0. The molecule has 1 unspecified atom stereocenters. The summed E-state index contributed by atoms with van der Waals surface area (Å²) in [6, 6.07) is 6.18. The van der Waals surface area contributed by atoms with Gasteiger partial charge in [0.05, 0.1) is 10.0 Å². The summed E-state index contributed by atoms with van der Waals surface area (Å²) in [5.74, 6) is 0. The second kappa shape index (κ2) is 16.3. The number of halogens is 2. The highest BCUT2D eigenvalue weighted by Crippen LogP contribution is 2.22. The van der Waals surface area contributed by atoms with Gasteiger partial charge in [0.1, 0.15) is 0 Å². The molecule has 0 aliphatic heterocycles. The van der Waals surface area contributed by atoms with Gasteiger partial charge in [-0.25, -0.2) is 0 Å². The van der Waals surface area contributed by atoms with Crippen LogP contribution in [0, 0.1) is 0 Å². The first kappa shape index (κ1) is 25.1. The molecule has 0 aliphatic rings. The summed E-state index contributed by atoms with van der Waals surface area (Å²) in [6.45, 7) is 1.74. The van der Waals surface area contributed by atoms with Gasteiger partial charge in [-0.15, -0.1) is 0 Å². The molecule has 0 aromatic heterocycles. The molecule has 1 atom stereocenters. The smallest absolute Gasteiger partial charge is 0.427 e. The fourth-order valence-electron chi connectivity index (χ4n) is 2.51. The third-order valence-electron chi connectivity index (χ3n) is 3.89. The van der Waals surface area contributed by atoms with Gasteiger partial charge in [-0.3, -0.25) is 0 Å². The average molecular weight is 405 g/mol. The Morgan fingerprint density at radius 3 is 2.35 bits per heavy atom. The number of benzene rings is 1. The molecular formula is C17H27BCl2N2O4. The van der Waals surface area contributed by atoms with Crippen LogP contribution >= 0.6 is 23.2 Å². The average Bonchev–Trinajstić information content (AvgIpc) is 2.60. The first-order chi connectivity index (χ1) is 12.4. The van der Waals surface area contributed by atoms with Gasteiger partial charge in [0.15, 0.2) is 0 Å². The summed E-state index contributed by atoms with van der Waals surface area (Å²) < 4.78 is 0. The lowest BCUT2D eigenvalue weighted by Crippen LogP contribution is -2.26. The van der Waals surface area contributed by atoms with Crippen LogP contribution in [0.15, 0.2) is 18.2 Å². The Labute approximate surface area is 165 Å². The van der Waals surface area contributed by atoms with E-state index >= 15 is 0 Å². The number of carbonyl (C=O) groups excluding carboxylic acids is 2. The maximum atomic E-state index is 8.82. The van der Waals surface area contributed by atoms with Crippen LogP contribution in [0.4, 0.5) is 0 Å². The SMILES string of the molecule is CNC(CCCCB(O)O)CCCNCc1ccc(Cl)c(Cl)c1.O=C=O. The molecule has 0 radical (unpaired) electrons. The monoisotopic (exact) mass is 404 g/mol. The number of hydrogen-bond acceptors (Lipinski definition) is 6. The fraction of sp³-hybridized carbons (Fsp3) is 0.588. The summed E-state index contributed by atoms with van der Waals surface area (Å²) >= 11 is 11.9. The lowest BCUT2D eigenvalue weighted by molar-refractivity contribution is -0.191. The normalized spacial score (nSPS) is 11.3. The highest BCUT2D eigenvalue weighted by molar-refractivity contribution is 6.42. The third-order valence-corrected chi connectivity index (χ3v) is 4.63. The molecule has 0 saturated carbocycles. The van der Waals surface area contributed by atoms with Gasteiger partial charge in [-0.2, -0.15) is 9.59 Å². The largest absolute Gasteiger partial charge is 0.451 e. The van der Waals surface area contributed by atoms with E-state index < -0.39 is 7.12 Å². The van der Waals surface area contributed by atoms with E-state index in [1.165, 1.54) is 0 Å². The summed E-state index contributed by atoms with van der Waals surface area (Å²) in [5, 5.41) is 25.6. The number of nitrogens with one attached hydrogen (secondary N) is 2. The molecule has 1 aromatic carbocycles. The Kier molecular flexibility index (Phi) is 15.7. The summed E-state index contributed by atoms with van der Waals surface area (Å²) in [5.41, 5.74) is 1.13. The van der Waals surface area contributed by atoms with Crippen molar-refractivity contribution in [3.8, 4) is 0 Å². The van der Waals surface area contributed by atoms with Crippen LogP contribution in [-0.2, 0) is 16.1 Å². The van der Waals surface area contributed by atoms with Crippen LogP contribution < -0.4 is 10.6 Å². The van der Waals surface area contributed by atoms with Crippen LogP contribution in [-0.4, -0.2) is 43.0 Å². The molecule has 0 amide bonds. The molecular weight excluding hydrogens is 378 g/mol. The molecule has 0 aliphatic carbocycles. The topological polar surface area (TPSA) is 98.7 Å². The minimum Gasteiger partial charge on any atom is -0.427 e. The van der Waals surface area contributed by atoms with E-state index in [1.807, 2.05) is 25.2 Å². The Morgan fingerprint density at radius 1 is 1.12 bits per heavy atom. The fourth-order valence-corrected chi connectivity index (χ4v) is 2.83. The molecule has 146 valence electrons. The summed E-state index contributed by atoms with van der Waals surface area (Å²) in [6.07, 6.45) is 5.84. The van der Waals surface area contributed by atoms with Crippen LogP contribution in [0.5, 0.6) is 0 Å². The molecule has 0 saturated heterocycles. The minimum absolute atomic E-state index is 0.250. The van der Waals surface area contributed by atoms with Gasteiger partial charge in [0.25, 0.3) is 0 Å². The zero-order valence-corrected chi connectivity index (χ0v) is 16.5. The Hall–Kier alpha value is -0.915. The van der Waals surface area contributed by atoms with Crippen LogP contribution in [0.3, 0.4) is 0 Å². The van der Waals surface area contributed by atoms with Gasteiger partial charge in [-0.1, -0.05) is 42.1 Å². The molecule has 0 spiro atoms. The molecule has 1 aromatic rings. The van der Waals surface area contributed by atoms with E-state index in [9.17, 15) is 0 Å². The standard InChI is InChI=1S/C16H27BCl2N2O2.CO2/c1-20-14(5-2-3-9-17(22)23)6-4-10-21-12-13-7-8-15(18)16(19)11-13;2-1-3/h7-8,11,14,20-23H,2-6,9-10,12H2,1H3;. The minimum atomic E-state index is -1.17. The number of rotatable bonds is 12. The van der Waals surface area contributed by atoms with E-state index in [4.69, 9.17) is 42.8 Å². The van der Waals surface area contributed by atoms with Gasteiger partial charge in [-0.05, 0) is 56.9 Å². The Bertz CT molecular complexity index is 529. The maximum absolute atomic E-state index is 8.82. The van der Waals surface area contributed by atoms with Crippen molar-refractivity contribution in [2.24, 2.45) is 0 Å². The van der Waals surface area contributed by atoms with Crippen molar-refractivity contribution in [2.45, 2.75) is 51.0 Å². The van der Waals surface area contributed by atoms with Gasteiger partial charge in [0, 0.05) is 12.6 Å². The van der Waals surface area contributed by atoms with Gasteiger partial charge >= 0.3 is 13.3 Å². The van der Waals surface area contributed by atoms with Crippen molar-refractivity contribution >= 4 is 36.5 Å². The number of unbranched alkanes of at least 4 members (excludes halogenated alkanes) is 1. The van der Waals surface area contributed by atoms with E-state index in [0.717, 1.165) is 50.8 Å². The van der Waals surface area contributed by atoms with E-state index in [0.29, 0.717) is 22.4 Å². The van der Waals surface area contributed by atoms with Gasteiger partial charge < -0.3 is 20.7 Å². The molecule has 0 fully saturated rings. The van der Waals surface area contributed by atoms with Crippen molar-refractivity contribution in [2.75, 3.05) is 13.6 Å². The number of hydrogen-bond donors (Lipinski definition) is 4. The van der Waals surface area contributed by atoms with Crippen molar-refractivity contribution in [1.29, 1.82) is 0 Å². The van der Waals surface area contributed by atoms with E-state index in [2.05, 4.69) is 10.6 Å². The first-order valence-electron chi connectivity index (χ1n) is 8.61. The molecule has 0 bridgehead atoms. The molecule has 4 N–H and O–H groups in total. The molecule has 9 heteroatoms. The predicted octanol–water partition coefficient (Wildman–Crippen LogP) is 2.51. The van der Waals surface area contributed by atoms with E-state index in [-0.39, 0.29) is 6.15 Å². The molecule has 0 heterocycles. The Morgan fingerprint density at radius 2 is 1.77 bits per heavy atom. The van der Waals surface area contributed by atoms with Gasteiger partial charge in [0.2, 0.25) is 0 Å². The van der Waals surface area contributed by atoms with Crippen molar-refractivity contribution < 1.29 is 19.6 Å². The molecule has 1 rings (SSSR count). The van der Waals surface area contributed by atoms with Crippen molar-refractivity contribution in [3.05, 3.63) is 33.8 Å². The van der Waals surface area contributed by atoms with Crippen LogP contribution in [0.25, 0.3) is 0 Å². The van der Waals surface area contributed by atoms with Crippen LogP contribution in [0.2, 0.25) is 16.4 Å². The lowest BCUT2D eigenvalue weighted by Gasteiger charge is -2.16. The Balaban J connectivity index is 0.00000194. The maximum Gasteiger partial charge on any atom is 0.451 e. The second-order valence-electron chi connectivity index (χ2n) is 5.90. The highest BCUT2D eigenvalue weighted by Gasteiger charge is 2.08. The second-order valence-corrected chi connectivity index (χ2v) is 6.72. The molecule has 6 nitrogen and oxygen atoms in total. The zero-order chi connectivity index (χ0) is 19.8. The van der Waals surface area contributed by atoms with Crippen molar-refractivity contribution in [1.82, 2.24) is 10.6 Å². The first-order valence-corrected chi connectivity index (χ1v) is 9.37. The quantitative estimate of drug-likeness (QED) is 0.315. The third kappa shape index (κ3) is 13.3. The van der Waals surface area contributed by atoms with Crippen LogP contribution in [0.1, 0.15) is 37.7 Å².